The lowest BCUT2D eigenvalue weighted by molar-refractivity contribution is -0.156. The zero-order valence-corrected chi connectivity index (χ0v) is 11.3. The highest BCUT2D eigenvalue weighted by molar-refractivity contribution is 5.87. The molecule has 0 aliphatic heterocycles. The first-order valence-corrected chi connectivity index (χ1v) is 6.07. The molecule has 0 aliphatic rings. The number of carboxylic acid groups (broad SMARTS) is 1. The molecule has 5 heteroatoms. The molecule has 0 bridgehead atoms. The molecule has 1 aromatic carbocycles. The number of rotatable bonds is 5. The van der Waals surface area contributed by atoms with Gasteiger partial charge in [0.15, 0.2) is 0 Å². The summed E-state index contributed by atoms with van der Waals surface area (Å²) in [5.74, 6) is -1.81. The Morgan fingerprint density at radius 2 is 2.00 bits per heavy atom. The van der Waals surface area contributed by atoms with Crippen LogP contribution in [0.2, 0.25) is 0 Å². The van der Waals surface area contributed by atoms with Crippen molar-refractivity contribution in [3.05, 3.63) is 35.6 Å². The van der Waals surface area contributed by atoms with E-state index < -0.39 is 17.3 Å². The van der Waals surface area contributed by atoms with Gasteiger partial charge in [0.05, 0.1) is 6.42 Å². The third-order valence-electron chi connectivity index (χ3n) is 3.06. The maximum absolute atomic E-state index is 13.0. The summed E-state index contributed by atoms with van der Waals surface area (Å²) in [5, 5.41) is 9.15. The van der Waals surface area contributed by atoms with Gasteiger partial charge in [-0.3, -0.25) is 4.79 Å². The van der Waals surface area contributed by atoms with Crippen LogP contribution in [0.1, 0.15) is 26.3 Å². The Morgan fingerprint density at radius 3 is 2.47 bits per heavy atom. The highest BCUT2D eigenvalue weighted by Crippen LogP contribution is 2.17. The molecular formula is C14H18FNO3. The topological polar surface area (TPSA) is 57.6 Å². The van der Waals surface area contributed by atoms with Crippen molar-refractivity contribution in [3.63, 3.8) is 0 Å². The number of amides is 1. The minimum atomic E-state index is -1.28. The summed E-state index contributed by atoms with van der Waals surface area (Å²) in [4.78, 5) is 24.6. The smallest absolute Gasteiger partial charge is 0.329 e. The summed E-state index contributed by atoms with van der Waals surface area (Å²) in [6.45, 7) is 4.95. The Bertz CT molecular complexity index is 485. The monoisotopic (exact) mass is 267 g/mol. The van der Waals surface area contributed by atoms with Gasteiger partial charge in [-0.05, 0) is 38.5 Å². The highest BCUT2D eigenvalue weighted by atomic mass is 19.1. The maximum atomic E-state index is 13.0. The number of nitrogens with zero attached hydrogens (tertiary/aromatic N) is 1. The van der Waals surface area contributed by atoms with Gasteiger partial charge in [-0.25, -0.2) is 9.18 Å². The van der Waals surface area contributed by atoms with Crippen LogP contribution in [-0.2, 0) is 16.0 Å². The van der Waals surface area contributed by atoms with Crippen molar-refractivity contribution in [2.75, 3.05) is 6.54 Å². The van der Waals surface area contributed by atoms with E-state index in [1.807, 2.05) is 0 Å². The number of halogens is 1. The normalized spacial score (nSPS) is 11.2. The first kappa shape index (κ1) is 15.1. The van der Waals surface area contributed by atoms with Crippen molar-refractivity contribution < 1.29 is 19.1 Å². The number of aliphatic carboxylic acids is 1. The van der Waals surface area contributed by atoms with E-state index in [2.05, 4.69) is 0 Å². The second-order valence-electron chi connectivity index (χ2n) is 4.81. The van der Waals surface area contributed by atoms with Crippen LogP contribution in [0.25, 0.3) is 0 Å². The fourth-order valence-electron chi connectivity index (χ4n) is 1.92. The molecule has 0 fully saturated rings. The SMILES string of the molecule is CCN(C(=O)Cc1cccc(F)c1)C(C)(C)C(=O)O. The molecule has 4 nitrogen and oxygen atoms in total. The maximum Gasteiger partial charge on any atom is 0.329 e. The van der Waals surface area contributed by atoms with Crippen molar-refractivity contribution in [3.8, 4) is 0 Å². The van der Waals surface area contributed by atoms with Gasteiger partial charge in [0.1, 0.15) is 11.4 Å². The molecule has 0 aliphatic carbocycles. The summed E-state index contributed by atoms with van der Waals surface area (Å²) >= 11 is 0. The van der Waals surface area contributed by atoms with Gasteiger partial charge in [0.2, 0.25) is 5.91 Å². The molecular weight excluding hydrogens is 249 g/mol. The summed E-state index contributed by atoms with van der Waals surface area (Å²) in [7, 11) is 0. The molecule has 104 valence electrons. The van der Waals surface area contributed by atoms with Crippen molar-refractivity contribution in [2.24, 2.45) is 0 Å². The van der Waals surface area contributed by atoms with Crippen molar-refractivity contribution in [1.29, 1.82) is 0 Å². The second kappa shape index (κ2) is 5.82. The van der Waals surface area contributed by atoms with Crippen LogP contribution < -0.4 is 0 Å². The predicted octanol–water partition coefficient (Wildman–Crippen LogP) is 2.08. The van der Waals surface area contributed by atoms with Crippen LogP contribution >= 0.6 is 0 Å². The molecule has 0 spiro atoms. The summed E-state index contributed by atoms with van der Waals surface area (Å²) in [5.41, 5.74) is -0.747. The van der Waals surface area contributed by atoms with Crippen molar-refractivity contribution >= 4 is 11.9 Å². The number of hydrogen-bond acceptors (Lipinski definition) is 2. The Morgan fingerprint density at radius 1 is 1.37 bits per heavy atom. The lowest BCUT2D eigenvalue weighted by atomic mass is 10.0. The average molecular weight is 267 g/mol. The summed E-state index contributed by atoms with van der Waals surface area (Å²) in [6.07, 6.45) is -0.0116. The average Bonchev–Trinajstić information content (AvgIpc) is 2.29. The van der Waals surface area contributed by atoms with Gasteiger partial charge < -0.3 is 10.0 Å². The van der Waals surface area contributed by atoms with Gasteiger partial charge in [0.25, 0.3) is 0 Å². The first-order valence-electron chi connectivity index (χ1n) is 6.07. The van der Waals surface area contributed by atoms with E-state index in [-0.39, 0.29) is 18.9 Å². The van der Waals surface area contributed by atoms with Gasteiger partial charge in [-0.2, -0.15) is 0 Å². The summed E-state index contributed by atoms with van der Waals surface area (Å²) < 4.78 is 13.0. The Balaban J connectivity index is 2.89. The van der Waals surface area contributed by atoms with Crippen LogP contribution in [0, 0.1) is 5.82 Å². The Kier molecular flexibility index (Phi) is 4.64. The number of carboxylic acids is 1. The molecule has 1 N–H and O–H groups in total. The third kappa shape index (κ3) is 3.53. The van der Waals surface area contributed by atoms with Crippen LogP contribution in [0.3, 0.4) is 0 Å². The van der Waals surface area contributed by atoms with Crippen molar-refractivity contribution in [1.82, 2.24) is 4.90 Å². The molecule has 0 atom stereocenters. The van der Waals surface area contributed by atoms with Crippen LogP contribution in [-0.4, -0.2) is 34.0 Å². The second-order valence-corrected chi connectivity index (χ2v) is 4.81. The minimum absolute atomic E-state index is 0.0116. The molecule has 1 rings (SSSR count). The highest BCUT2D eigenvalue weighted by Gasteiger charge is 2.36. The fraction of sp³-hybridized carbons (Fsp3) is 0.429. The quantitative estimate of drug-likeness (QED) is 0.888. The van der Waals surface area contributed by atoms with Crippen LogP contribution in [0.5, 0.6) is 0 Å². The summed E-state index contributed by atoms with van der Waals surface area (Å²) in [6, 6.07) is 5.74. The van der Waals surface area contributed by atoms with E-state index in [9.17, 15) is 14.0 Å². The molecule has 0 saturated heterocycles. The first-order chi connectivity index (χ1) is 8.78. The lowest BCUT2D eigenvalue weighted by Gasteiger charge is -2.34. The van der Waals surface area contributed by atoms with E-state index >= 15 is 0 Å². The minimum Gasteiger partial charge on any atom is -0.480 e. The lowest BCUT2D eigenvalue weighted by Crippen LogP contribution is -2.53. The molecule has 0 aromatic heterocycles. The van der Waals surface area contributed by atoms with Crippen molar-refractivity contribution in [2.45, 2.75) is 32.7 Å². The molecule has 1 aromatic rings. The van der Waals surface area contributed by atoms with Crippen LogP contribution in [0.15, 0.2) is 24.3 Å². The third-order valence-corrected chi connectivity index (χ3v) is 3.06. The zero-order chi connectivity index (χ0) is 14.6. The van der Waals surface area contributed by atoms with Gasteiger partial charge in [0, 0.05) is 6.54 Å². The van der Waals surface area contributed by atoms with E-state index in [0.717, 1.165) is 0 Å². The standard InChI is InChI=1S/C14H18FNO3/c1-4-16(14(2,3)13(18)19)12(17)9-10-6-5-7-11(15)8-10/h5-8H,4,9H2,1-3H3,(H,18,19). The predicted molar refractivity (Wildman–Crippen MR) is 69.2 cm³/mol. The number of carbonyl (C=O) groups excluding carboxylic acids is 1. The van der Waals surface area contributed by atoms with Gasteiger partial charge >= 0.3 is 5.97 Å². The van der Waals surface area contributed by atoms with E-state index in [1.165, 1.54) is 36.9 Å². The number of hydrogen-bond donors (Lipinski definition) is 1. The Hall–Kier alpha value is -1.91. The molecule has 0 unspecified atom stereocenters. The fourth-order valence-corrected chi connectivity index (χ4v) is 1.92. The zero-order valence-electron chi connectivity index (χ0n) is 11.3. The largest absolute Gasteiger partial charge is 0.480 e. The number of benzene rings is 1. The molecule has 0 heterocycles. The molecule has 0 radical (unpaired) electrons. The van der Waals surface area contributed by atoms with E-state index in [0.29, 0.717) is 5.56 Å². The van der Waals surface area contributed by atoms with E-state index in [1.54, 1.807) is 13.0 Å². The molecule has 0 saturated carbocycles. The van der Waals surface area contributed by atoms with E-state index in [4.69, 9.17) is 5.11 Å². The van der Waals surface area contributed by atoms with Crippen LogP contribution in [0.4, 0.5) is 4.39 Å². The molecule has 1 amide bonds. The molecule has 19 heavy (non-hydrogen) atoms. The van der Waals surface area contributed by atoms with Gasteiger partial charge in [-0.15, -0.1) is 0 Å². The Labute approximate surface area is 111 Å². The van der Waals surface area contributed by atoms with Gasteiger partial charge in [-0.1, -0.05) is 12.1 Å². The number of carbonyl (C=O) groups is 2. The number of likely N-dealkylation sites (N-methyl/N-ethyl adjacent to an activating group) is 1.